The minimum absolute atomic E-state index is 0. The normalized spacial score (nSPS) is 17.8. The summed E-state index contributed by atoms with van der Waals surface area (Å²) in [5.74, 6) is 0.912. The van der Waals surface area contributed by atoms with E-state index in [1.54, 1.807) is 0 Å². The number of halogens is 1. The molecular formula is C16H26ClN3O2. The Balaban J connectivity index is 0.00000242. The summed E-state index contributed by atoms with van der Waals surface area (Å²) in [5, 5.41) is 6.11. The molecular weight excluding hydrogens is 302 g/mol. The number of ether oxygens (including phenoxy) is 1. The Morgan fingerprint density at radius 1 is 1.36 bits per heavy atom. The van der Waals surface area contributed by atoms with E-state index >= 15 is 0 Å². The molecule has 1 aromatic rings. The fourth-order valence-electron chi connectivity index (χ4n) is 2.69. The molecule has 1 saturated heterocycles. The largest absolute Gasteiger partial charge is 0.492 e. The zero-order valence-corrected chi connectivity index (χ0v) is 13.9. The van der Waals surface area contributed by atoms with Gasteiger partial charge in [-0.3, -0.25) is 9.69 Å². The van der Waals surface area contributed by atoms with Gasteiger partial charge in [-0.05, 0) is 38.6 Å². The number of carbonyl (C=O) groups excluding carboxylic acids is 1. The Hall–Kier alpha value is -1.30. The van der Waals surface area contributed by atoms with Gasteiger partial charge in [-0.2, -0.15) is 0 Å². The van der Waals surface area contributed by atoms with Crippen molar-refractivity contribution >= 4 is 18.3 Å². The van der Waals surface area contributed by atoms with Crippen molar-refractivity contribution < 1.29 is 9.53 Å². The maximum atomic E-state index is 11.9. The highest BCUT2D eigenvalue weighted by Crippen LogP contribution is 2.15. The molecule has 0 aromatic heterocycles. The van der Waals surface area contributed by atoms with E-state index in [1.165, 1.54) is 12.8 Å². The third-order valence-corrected chi connectivity index (χ3v) is 3.72. The predicted molar refractivity (Wildman–Crippen MR) is 90.7 cm³/mol. The molecule has 6 heteroatoms. The van der Waals surface area contributed by atoms with Crippen molar-refractivity contribution in [1.29, 1.82) is 0 Å². The number of nitrogens with zero attached hydrogens (tertiary/aromatic N) is 1. The molecule has 2 rings (SSSR count). The van der Waals surface area contributed by atoms with Crippen LogP contribution >= 0.6 is 12.4 Å². The van der Waals surface area contributed by atoms with E-state index in [4.69, 9.17) is 4.74 Å². The quantitative estimate of drug-likeness (QED) is 0.706. The molecule has 0 radical (unpaired) electrons. The first-order valence-electron chi connectivity index (χ1n) is 7.63. The van der Waals surface area contributed by atoms with Crippen molar-refractivity contribution in [3.63, 3.8) is 0 Å². The van der Waals surface area contributed by atoms with Crippen molar-refractivity contribution in [1.82, 2.24) is 15.5 Å². The molecule has 0 bridgehead atoms. The number of para-hydroxylation sites is 1. The zero-order valence-electron chi connectivity index (χ0n) is 13.1. The summed E-state index contributed by atoms with van der Waals surface area (Å²) in [7, 11) is 1.96. The maximum absolute atomic E-state index is 11.9. The monoisotopic (exact) mass is 327 g/mol. The minimum Gasteiger partial charge on any atom is -0.492 e. The second-order valence-corrected chi connectivity index (χ2v) is 5.34. The van der Waals surface area contributed by atoms with E-state index in [0.29, 0.717) is 25.7 Å². The van der Waals surface area contributed by atoms with Crippen LogP contribution in [0.15, 0.2) is 30.3 Å². The molecule has 1 heterocycles. The van der Waals surface area contributed by atoms with Gasteiger partial charge in [-0.15, -0.1) is 12.4 Å². The van der Waals surface area contributed by atoms with Crippen LogP contribution in [0.4, 0.5) is 0 Å². The highest BCUT2D eigenvalue weighted by atomic mass is 35.5. The lowest BCUT2D eigenvalue weighted by Gasteiger charge is -2.23. The van der Waals surface area contributed by atoms with E-state index in [2.05, 4.69) is 15.5 Å². The van der Waals surface area contributed by atoms with Crippen LogP contribution in [0.5, 0.6) is 5.75 Å². The van der Waals surface area contributed by atoms with Crippen molar-refractivity contribution in [3.8, 4) is 5.75 Å². The molecule has 0 aliphatic carbocycles. The van der Waals surface area contributed by atoms with Gasteiger partial charge in [0.1, 0.15) is 12.4 Å². The molecule has 124 valence electrons. The number of amides is 1. The molecule has 2 N–H and O–H groups in total. The number of hydrogen-bond acceptors (Lipinski definition) is 4. The first kappa shape index (κ1) is 18.7. The fourth-order valence-corrected chi connectivity index (χ4v) is 2.69. The number of benzene rings is 1. The molecule has 1 aliphatic heterocycles. The number of hydrogen-bond donors (Lipinski definition) is 2. The van der Waals surface area contributed by atoms with Gasteiger partial charge in [-0.25, -0.2) is 0 Å². The molecule has 0 spiro atoms. The summed E-state index contributed by atoms with van der Waals surface area (Å²) in [6.07, 6.45) is 2.35. The van der Waals surface area contributed by atoms with Gasteiger partial charge in [0.05, 0.1) is 13.1 Å². The van der Waals surface area contributed by atoms with Crippen LogP contribution < -0.4 is 15.4 Å². The van der Waals surface area contributed by atoms with Crippen molar-refractivity contribution in [2.24, 2.45) is 0 Å². The third-order valence-electron chi connectivity index (χ3n) is 3.72. The van der Waals surface area contributed by atoms with Crippen molar-refractivity contribution in [3.05, 3.63) is 30.3 Å². The maximum Gasteiger partial charge on any atom is 0.234 e. The molecule has 5 nitrogen and oxygen atoms in total. The molecule has 1 aromatic carbocycles. The average molecular weight is 328 g/mol. The Morgan fingerprint density at radius 3 is 2.86 bits per heavy atom. The highest BCUT2D eigenvalue weighted by molar-refractivity contribution is 5.85. The van der Waals surface area contributed by atoms with E-state index in [-0.39, 0.29) is 18.3 Å². The van der Waals surface area contributed by atoms with Crippen LogP contribution in [0.25, 0.3) is 0 Å². The number of rotatable bonds is 8. The van der Waals surface area contributed by atoms with Gasteiger partial charge in [0, 0.05) is 12.6 Å². The second kappa shape index (κ2) is 10.4. The van der Waals surface area contributed by atoms with Crippen LogP contribution in [-0.4, -0.2) is 56.7 Å². The molecule has 0 saturated carbocycles. The summed E-state index contributed by atoms with van der Waals surface area (Å²) in [6.45, 7) is 3.48. The number of nitrogens with one attached hydrogen (secondary N) is 2. The summed E-state index contributed by atoms with van der Waals surface area (Å²) >= 11 is 0. The molecule has 22 heavy (non-hydrogen) atoms. The lowest BCUT2D eigenvalue weighted by molar-refractivity contribution is -0.122. The molecule has 1 unspecified atom stereocenters. The minimum atomic E-state index is 0. The SMILES string of the molecule is CNCC1CCCN1CC(=O)NCCOc1ccccc1.Cl. The van der Waals surface area contributed by atoms with Crippen LogP contribution in [0, 0.1) is 0 Å². The third kappa shape index (κ3) is 6.22. The molecule has 1 aliphatic rings. The van der Waals surface area contributed by atoms with E-state index in [1.807, 2.05) is 37.4 Å². The van der Waals surface area contributed by atoms with Crippen molar-refractivity contribution in [2.75, 3.05) is 39.8 Å². The number of likely N-dealkylation sites (N-methyl/N-ethyl adjacent to an activating group) is 1. The smallest absolute Gasteiger partial charge is 0.234 e. The van der Waals surface area contributed by atoms with Gasteiger partial charge in [0.15, 0.2) is 0 Å². The first-order valence-corrected chi connectivity index (χ1v) is 7.63. The number of carbonyl (C=O) groups is 1. The van der Waals surface area contributed by atoms with E-state index < -0.39 is 0 Å². The Morgan fingerprint density at radius 2 is 2.14 bits per heavy atom. The average Bonchev–Trinajstić information content (AvgIpc) is 2.92. The first-order chi connectivity index (χ1) is 10.3. The lowest BCUT2D eigenvalue weighted by atomic mass is 10.2. The Kier molecular flexibility index (Phi) is 8.89. The summed E-state index contributed by atoms with van der Waals surface area (Å²) in [5.41, 5.74) is 0. The Labute approximate surface area is 138 Å². The van der Waals surface area contributed by atoms with Crippen LogP contribution in [0.2, 0.25) is 0 Å². The van der Waals surface area contributed by atoms with Gasteiger partial charge in [0.25, 0.3) is 0 Å². The van der Waals surface area contributed by atoms with Crippen molar-refractivity contribution in [2.45, 2.75) is 18.9 Å². The van der Waals surface area contributed by atoms with Crippen LogP contribution in [-0.2, 0) is 4.79 Å². The molecule has 1 fully saturated rings. The lowest BCUT2D eigenvalue weighted by Crippen LogP contribution is -2.43. The molecule has 1 amide bonds. The van der Waals surface area contributed by atoms with Gasteiger partial charge < -0.3 is 15.4 Å². The zero-order chi connectivity index (χ0) is 14.9. The predicted octanol–water partition coefficient (Wildman–Crippen LogP) is 1.29. The topological polar surface area (TPSA) is 53.6 Å². The van der Waals surface area contributed by atoms with Gasteiger partial charge >= 0.3 is 0 Å². The molecule has 1 atom stereocenters. The van der Waals surface area contributed by atoms with E-state index in [9.17, 15) is 4.79 Å². The number of likely N-dealkylation sites (tertiary alicyclic amines) is 1. The summed E-state index contributed by atoms with van der Waals surface area (Å²) in [6, 6.07) is 10.1. The summed E-state index contributed by atoms with van der Waals surface area (Å²) in [4.78, 5) is 14.2. The van der Waals surface area contributed by atoms with Crippen LogP contribution in [0.3, 0.4) is 0 Å². The Bertz CT molecular complexity index is 431. The second-order valence-electron chi connectivity index (χ2n) is 5.34. The van der Waals surface area contributed by atoms with Gasteiger partial charge in [-0.1, -0.05) is 18.2 Å². The van der Waals surface area contributed by atoms with E-state index in [0.717, 1.165) is 18.8 Å². The van der Waals surface area contributed by atoms with Gasteiger partial charge in [0.2, 0.25) is 5.91 Å². The summed E-state index contributed by atoms with van der Waals surface area (Å²) < 4.78 is 5.55. The highest BCUT2D eigenvalue weighted by Gasteiger charge is 2.25. The fraction of sp³-hybridized carbons (Fsp3) is 0.562. The van der Waals surface area contributed by atoms with Crippen LogP contribution in [0.1, 0.15) is 12.8 Å². The standard InChI is InChI=1S/C16H25N3O2.ClH/c1-17-12-14-6-5-10-19(14)13-16(20)18-9-11-21-15-7-3-2-4-8-15;/h2-4,7-8,14,17H,5-6,9-13H2,1H3,(H,18,20);1H.